The summed E-state index contributed by atoms with van der Waals surface area (Å²) in [6, 6.07) is 16.5. The minimum Gasteiger partial charge on any atom is -0.378 e. The Labute approximate surface area is 136 Å². The Morgan fingerprint density at radius 3 is 2.35 bits per heavy atom. The highest BCUT2D eigenvalue weighted by molar-refractivity contribution is 5.68. The Morgan fingerprint density at radius 2 is 1.74 bits per heavy atom. The maximum absolute atomic E-state index is 5.87. The summed E-state index contributed by atoms with van der Waals surface area (Å²) in [5, 5.41) is 8.59. The van der Waals surface area contributed by atoms with Gasteiger partial charge in [-0.15, -0.1) is 5.10 Å². The summed E-state index contributed by atoms with van der Waals surface area (Å²) in [6.45, 7) is 2.45. The van der Waals surface area contributed by atoms with E-state index < -0.39 is 0 Å². The van der Waals surface area contributed by atoms with E-state index in [1.54, 1.807) is 0 Å². The lowest BCUT2D eigenvalue weighted by atomic mass is 10.0. The SMILES string of the molecule is Cc1ccccc1-c1c(CN)nnn1-c1ccc(N(C)C)cc1. The number of aryl methyl sites for hydroxylation is 1. The van der Waals surface area contributed by atoms with Gasteiger partial charge in [0.1, 0.15) is 5.69 Å². The normalized spacial score (nSPS) is 10.8. The first kappa shape index (κ1) is 15.2. The zero-order valence-electron chi connectivity index (χ0n) is 13.7. The molecule has 3 rings (SSSR count). The van der Waals surface area contributed by atoms with E-state index >= 15 is 0 Å². The lowest BCUT2D eigenvalue weighted by Gasteiger charge is -2.14. The van der Waals surface area contributed by atoms with Gasteiger partial charge in [-0.1, -0.05) is 29.5 Å². The number of hydrogen-bond donors (Lipinski definition) is 1. The van der Waals surface area contributed by atoms with Gasteiger partial charge in [0, 0.05) is 31.9 Å². The average molecular weight is 307 g/mol. The summed E-state index contributed by atoms with van der Waals surface area (Å²) in [5.41, 5.74) is 12.0. The van der Waals surface area contributed by atoms with E-state index in [4.69, 9.17) is 5.73 Å². The molecule has 2 aromatic carbocycles. The third kappa shape index (κ3) is 2.83. The summed E-state index contributed by atoms with van der Waals surface area (Å²) >= 11 is 0. The predicted octanol–water partition coefficient (Wildman–Crippen LogP) is 2.77. The first-order chi connectivity index (χ1) is 11.1. The van der Waals surface area contributed by atoms with Crippen LogP contribution in [0, 0.1) is 6.92 Å². The third-order valence-electron chi connectivity index (χ3n) is 3.94. The molecule has 1 heterocycles. The average Bonchev–Trinajstić information content (AvgIpc) is 2.99. The predicted molar refractivity (Wildman–Crippen MR) is 93.8 cm³/mol. The highest BCUT2D eigenvalue weighted by Gasteiger charge is 2.16. The Hall–Kier alpha value is -2.66. The fourth-order valence-corrected chi connectivity index (χ4v) is 2.63. The summed E-state index contributed by atoms with van der Waals surface area (Å²) < 4.78 is 1.87. The van der Waals surface area contributed by atoms with Gasteiger partial charge >= 0.3 is 0 Å². The van der Waals surface area contributed by atoms with Crippen molar-refractivity contribution in [3.8, 4) is 16.9 Å². The molecule has 0 aliphatic rings. The molecule has 0 fully saturated rings. The molecule has 5 heteroatoms. The number of benzene rings is 2. The molecule has 23 heavy (non-hydrogen) atoms. The van der Waals surface area contributed by atoms with Crippen molar-refractivity contribution in [2.24, 2.45) is 5.73 Å². The van der Waals surface area contributed by atoms with Crippen LogP contribution in [-0.2, 0) is 6.54 Å². The highest BCUT2D eigenvalue weighted by atomic mass is 15.4. The van der Waals surface area contributed by atoms with Crippen LogP contribution in [0.5, 0.6) is 0 Å². The molecule has 1 aromatic heterocycles. The van der Waals surface area contributed by atoms with Gasteiger partial charge in [-0.2, -0.15) is 0 Å². The smallest absolute Gasteiger partial charge is 0.105 e. The lowest BCUT2D eigenvalue weighted by molar-refractivity contribution is 0.799. The van der Waals surface area contributed by atoms with Crippen LogP contribution in [0.25, 0.3) is 16.9 Å². The summed E-state index contributed by atoms with van der Waals surface area (Å²) in [6.07, 6.45) is 0. The first-order valence-corrected chi connectivity index (χ1v) is 7.60. The van der Waals surface area contributed by atoms with Crippen LogP contribution in [0.2, 0.25) is 0 Å². The summed E-state index contributed by atoms with van der Waals surface area (Å²) in [5.74, 6) is 0. The maximum atomic E-state index is 5.87. The van der Waals surface area contributed by atoms with Crippen molar-refractivity contribution in [2.75, 3.05) is 19.0 Å². The second-order valence-electron chi connectivity index (χ2n) is 5.73. The van der Waals surface area contributed by atoms with E-state index in [1.165, 1.54) is 5.56 Å². The molecule has 0 spiro atoms. The van der Waals surface area contributed by atoms with Gasteiger partial charge in [-0.25, -0.2) is 4.68 Å². The van der Waals surface area contributed by atoms with E-state index in [2.05, 4.69) is 46.4 Å². The van der Waals surface area contributed by atoms with Crippen molar-refractivity contribution in [3.05, 3.63) is 59.8 Å². The molecular formula is C18H21N5. The van der Waals surface area contributed by atoms with Crippen molar-refractivity contribution in [1.29, 1.82) is 0 Å². The van der Waals surface area contributed by atoms with Gasteiger partial charge in [0.15, 0.2) is 0 Å². The Balaban J connectivity index is 2.14. The minimum atomic E-state index is 0.361. The number of hydrogen-bond acceptors (Lipinski definition) is 4. The van der Waals surface area contributed by atoms with E-state index in [-0.39, 0.29) is 0 Å². The van der Waals surface area contributed by atoms with Crippen molar-refractivity contribution >= 4 is 5.69 Å². The van der Waals surface area contributed by atoms with Gasteiger partial charge in [0.05, 0.1) is 11.4 Å². The molecule has 5 nitrogen and oxygen atoms in total. The molecule has 0 radical (unpaired) electrons. The number of rotatable bonds is 4. The molecule has 0 bridgehead atoms. The number of aromatic nitrogens is 3. The first-order valence-electron chi connectivity index (χ1n) is 7.60. The van der Waals surface area contributed by atoms with Gasteiger partial charge in [0.2, 0.25) is 0 Å². The van der Waals surface area contributed by atoms with Crippen molar-refractivity contribution in [1.82, 2.24) is 15.0 Å². The monoisotopic (exact) mass is 307 g/mol. The Kier molecular flexibility index (Phi) is 4.12. The van der Waals surface area contributed by atoms with Gasteiger partial charge in [0.25, 0.3) is 0 Å². The standard InChI is InChI=1S/C18H21N5/c1-13-6-4-5-7-16(13)18-17(12-19)20-21-23(18)15-10-8-14(9-11-15)22(2)3/h4-11H,12,19H2,1-3H3. The second kappa shape index (κ2) is 6.22. The number of anilines is 1. The molecule has 0 unspecified atom stereocenters. The van der Waals surface area contributed by atoms with E-state index in [0.717, 1.165) is 28.3 Å². The minimum absolute atomic E-state index is 0.361. The van der Waals surface area contributed by atoms with Gasteiger partial charge in [-0.05, 0) is 36.8 Å². The Morgan fingerprint density at radius 1 is 1.04 bits per heavy atom. The molecule has 0 aliphatic carbocycles. The van der Waals surface area contributed by atoms with Crippen LogP contribution < -0.4 is 10.6 Å². The van der Waals surface area contributed by atoms with Crippen LogP contribution in [-0.4, -0.2) is 29.1 Å². The molecule has 0 aliphatic heterocycles. The number of nitrogens with two attached hydrogens (primary N) is 1. The van der Waals surface area contributed by atoms with Crippen molar-refractivity contribution in [2.45, 2.75) is 13.5 Å². The molecule has 0 amide bonds. The molecule has 3 aromatic rings. The maximum Gasteiger partial charge on any atom is 0.105 e. The summed E-state index contributed by atoms with van der Waals surface area (Å²) in [4.78, 5) is 2.07. The van der Waals surface area contributed by atoms with E-state index in [9.17, 15) is 0 Å². The second-order valence-corrected chi connectivity index (χ2v) is 5.73. The molecule has 0 saturated heterocycles. The molecule has 0 saturated carbocycles. The van der Waals surface area contributed by atoms with Crippen LogP contribution in [0.1, 0.15) is 11.3 Å². The van der Waals surface area contributed by atoms with E-state index in [0.29, 0.717) is 6.54 Å². The zero-order valence-corrected chi connectivity index (χ0v) is 13.7. The zero-order chi connectivity index (χ0) is 16.4. The van der Waals surface area contributed by atoms with E-state index in [1.807, 2.05) is 43.0 Å². The third-order valence-corrected chi connectivity index (χ3v) is 3.94. The fourth-order valence-electron chi connectivity index (χ4n) is 2.63. The van der Waals surface area contributed by atoms with Gasteiger partial charge < -0.3 is 10.6 Å². The van der Waals surface area contributed by atoms with Crippen LogP contribution in [0.15, 0.2) is 48.5 Å². The topological polar surface area (TPSA) is 60.0 Å². The molecular weight excluding hydrogens is 286 g/mol. The largest absolute Gasteiger partial charge is 0.378 e. The quantitative estimate of drug-likeness (QED) is 0.805. The Bertz CT molecular complexity index is 803. The van der Waals surface area contributed by atoms with Crippen LogP contribution >= 0.6 is 0 Å². The van der Waals surface area contributed by atoms with Crippen molar-refractivity contribution in [3.63, 3.8) is 0 Å². The number of nitrogens with zero attached hydrogens (tertiary/aromatic N) is 4. The van der Waals surface area contributed by atoms with Crippen molar-refractivity contribution < 1.29 is 0 Å². The molecule has 118 valence electrons. The van der Waals surface area contributed by atoms with Crippen LogP contribution in [0.4, 0.5) is 5.69 Å². The fraction of sp³-hybridized carbons (Fsp3) is 0.222. The highest BCUT2D eigenvalue weighted by Crippen LogP contribution is 2.28. The summed E-state index contributed by atoms with van der Waals surface area (Å²) in [7, 11) is 4.05. The van der Waals surface area contributed by atoms with Gasteiger partial charge in [-0.3, -0.25) is 0 Å². The molecule has 0 atom stereocenters. The van der Waals surface area contributed by atoms with Crippen LogP contribution in [0.3, 0.4) is 0 Å². The molecule has 2 N–H and O–H groups in total. The lowest BCUT2D eigenvalue weighted by Crippen LogP contribution is -2.09.